The maximum Gasteiger partial charge on any atom is 0.328 e. The quantitative estimate of drug-likeness (QED) is 0.408. The first-order valence-electron chi connectivity index (χ1n) is 12.5. The van der Waals surface area contributed by atoms with Crippen molar-refractivity contribution in [1.82, 2.24) is 20.9 Å². The first-order chi connectivity index (χ1) is 16.9. The molecule has 9 heteroatoms. The smallest absolute Gasteiger partial charge is 0.328 e. The SMILES string of the molecule is COC(=O)[C@H](C[C@@H]1CCNC1=O)NC(=O)[C@H](CC1CCCCC1)NC(=O)c1cc2ccccc2[nH]1. The van der Waals surface area contributed by atoms with Crippen molar-refractivity contribution in [3.05, 3.63) is 36.0 Å². The number of benzene rings is 1. The second-order valence-electron chi connectivity index (χ2n) is 9.63. The van der Waals surface area contributed by atoms with E-state index < -0.39 is 24.0 Å². The van der Waals surface area contributed by atoms with E-state index in [0.717, 1.165) is 36.6 Å². The normalized spacial score (nSPS) is 20.1. The predicted octanol–water partition coefficient (Wildman–Crippen LogP) is 2.42. The van der Waals surface area contributed by atoms with E-state index >= 15 is 0 Å². The largest absolute Gasteiger partial charge is 0.467 e. The summed E-state index contributed by atoms with van der Waals surface area (Å²) in [5.41, 5.74) is 1.21. The van der Waals surface area contributed by atoms with Crippen molar-refractivity contribution in [2.45, 2.75) is 63.5 Å². The Hall–Kier alpha value is -3.36. The van der Waals surface area contributed by atoms with Crippen molar-refractivity contribution in [2.24, 2.45) is 11.8 Å². The van der Waals surface area contributed by atoms with E-state index in [1.165, 1.54) is 13.5 Å². The molecule has 1 saturated heterocycles. The maximum absolute atomic E-state index is 13.4. The maximum atomic E-state index is 13.4. The van der Waals surface area contributed by atoms with Crippen LogP contribution in [0.3, 0.4) is 0 Å². The summed E-state index contributed by atoms with van der Waals surface area (Å²) in [6.45, 7) is 0.552. The van der Waals surface area contributed by atoms with Gasteiger partial charge in [-0.15, -0.1) is 0 Å². The van der Waals surface area contributed by atoms with Gasteiger partial charge < -0.3 is 25.7 Å². The number of hydrogen-bond donors (Lipinski definition) is 4. The molecule has 1 aromatic carbocycles. The molecule has 0 radical (unpaired) electrons. The van der Waals surface area contributed by atoms with Gasteiger partial charge >= 0.3 is 5.97 Å². The standard InChI is InChI=1S/C26H34N4O5/c1-35-26(34)22(15-18-11-12-27-23(18)31)30-24(32)20(13-16-7-3-2-4-8-16)29-25(33)21-14-17-9-5-6-10-19(17)28-21/h5-6,9-10,14,16,18,20,22,28H,2-4,7-8,11-13,15H2,1H3,(H,27,31)(H,29,33)(H,30,32)/t18-,20-,22-/m0/s1. The highest BCUT2D eigenvalue weighted by molar-refractivity contribution is 6.00. The summed E-state index contributed by atoms with van der Waals surface area (Å²) in [5.74, 6) is -1.58. The molecule has 1 aliphatic heterocycles. The van der Waals surface area contributed by atoms with Crippen molar-refractivity contribution in [3.8, 4) is 0 Å². The lowest BCUT2D eigenvalue weighted by Gasteiger charge is -2.28. The highest BCUT2D eigenvalue weighted by atomic mass is 16.5. The zero-order chi connectivity index (χ0) is 24.8. The highest BCUT2D eigenvalue weighted by Gasteiger charge is 2.34. The molecule has 2 heterocycles. The van der Waals surface area contributed by atoms with Crippen LogP contribution in [0.1, 0.15) is 61.9 Å². The van der Waals surface area contributed by atoms with E-state index in [4.69, 9.17) is 4.74 Å². The highest BCUT2D eigenvalue weighted by Crippen LogP contribution is 2.28. The molecule has 0 bridgehead atoms. The van der Waals surface area contributed by atoms with Crippen LogP contribution in [0.5, 0.6) is 0 Å². The number of rotatable bonds is 9. The molecule has 0 unspecified atom stereocenters. The first-order valence-corrected chi connectivity index (χ1v) is 12.5. The fourth-order valence-electron chi connectivity index (χ4n) is 5.20. The van der Waals surface area contributed by atoms with Gasteiger partial charge in [-0.25, -0.2) is 4.79 Å². The molecule has 1 aromatic heterocycles. The third-order valence-corrected chi connectivity index (χ3v) is 7.18. The third-order valence-electron chi connectivity index (χ3n) is 7.18. The molecule has 4 N–H and O–H groups in total. The zero-order valence-electron chi connectivity index (χ0n) is 20.1. The van der Waals surface area contributed by atoms with Crippen molar-refractivity contribution >= 4 is 34.6 Å². The molecule has 9 nitrogen and oxygen atoms in total. The van der Waals surface area contributed by atoms with Gasteiger partial charge in [0.1, 0.15) is 17.8 Å². The number of hydrogen-bond acceptors (Lipinski definition) is 5. The Kier molecular flexibility index (Phi) is 8.05. The minimum absolute atomic E-state index is 0.126. The summed E-state index contributed by atoms with van der Waals surface area (Å²) in [4.78, 5) is 54.1. The molecule has 1 aliphatic carbocycles. The first kappa shape index (κ1) is 24.8. The Labute approximate surface area is 204 Å². The van der Waals surface area contributed by atoms with Gasteiger partial charge in [0, 0.05) is 23.4 Å². The molecule has 2 aliphatic rings. The Morgan fingerprint density at radius 1 is 1.03 bits per heavy atom. The van der Waals surface area contributed by atoms with E-state index in [-0.39, 0.29) is 24.2 Å². The number of H-pyrrole nitrogens is 1. The van der Waals surface area contributed by atoms with Crippen molar-refractivity contribution < 1.29 is 23.9 Å². The Morgan fingerprint density at radius 3 is 2.49 bits per heavy atom. The molecule has 188 valence electrons. The Bertz CT molecular complexity index is 1040. The second kappa shape index (κ2) is 11.4. The summed E-state index contributed by atoms with van der Waals surface area (Å²) in [6, 6.07) is 7.58. The number of aromatic amines is 1. The molecule has 3 atom stereocenters. The number of fused-ring (bicyclic) bond motifs is 1. The lowest BCUT2D eigenvalue weighted by molar-refractivity contribution is -0.146. The Balaban J connectivity index is 1.49. The molecule has 1 saturated carbocycles. The van der Waals surface area contributed by atoms with Gasteiger partial charge in [0.2, 0.25) is 11.8 Å². The summed E-state index contributed by atoms with van der Waals surface area (Å²) >= 11 is 0. The number of nitrogens with one attached hydrogen (secondary N) is 4. The van der Waals surface area contributed by atoms with Crippen molar-refractivity contribution in [1.29, 1.82) is 0 Å². The number of carbonyl (C=O) groups is 4. The monoisotopic (exact) mass is 482 g/mol. The van der Waals surface area contributed by atoms with Gasteiger partial charge in [0.05, 0.1) is 7.11 Å². The summed E-state index contributed by atoms with van der Waals surface area (Å²) in [7, 11) is 1.26. The fourth-order valence-corrected chi connectivity index (χ4v) is 5.20. The van der Waals surface area contributed by atoms with Crippen molar-refractivity contribution in [2.75, 3.05) is 13.7 Å². The van der Waals surface area contributed by atoms with Gasteiger partial charge in [0.25, 0.3) is 5.91 Å². The van der Waals surface area contributed by atoms with Crippen LogP contribution in [-0.4, -0.2) is 54.4 Å². The number of carbonyl (C=O) groups excluding carboxylic acids is 4. The zero-order valence-corrected chi connectivity index (χ0v) is 20.1. The molecule has 0 spiro atoms. The molecule has 35 heavy (non-hydrogen) atoms. The van der Waals surface area contributed by atoms with E-state index in [1.807, 2.05) is 24.3 Å². The van der Waals surface area contributed by atoms with Crippen LogP contribution in [0, 0.1) is 11.8 Å². The van der Waals surface area contributed by atoms with Crippen LogP contribution in [0.4, 0.5) is 0 Å². The molecule has 3 amide bonds. The van der Waals surface area contributed by atoms with Gasteiger partial charge in [-0.3, -0.25) is 14.4 Å². The van der Waals surface area contributed by atoms with Crippen molar-refractivity contribution in [3.63, 3.8) is 0 Å². The van der Waals surface area contributed by atoms with Gasteiger partial charge in [-0.1, -0.05) is 50.3 Å². The average Bonchev–Trinajstić information content (AvgIpc) is 3.49. The molecule has 2 aromatic rings. The summed E-state index contributed by atoms with van der Waals surface area (Å²) in [5, 5.41) is 9.32. The number of para-hydroxylation sites is 1. The lowest BCUT2D eigenvalue weighted by Crippen LogP contribution is -2.53. The van der Waals surface area contributed by atoms with Crippen LogP contribution < -0.4 is 16.0 Å². The minimum Gasteiger partial charge on any atom is -0.467 e. The van der Waals surface area contributed by atoms with Gasteiger partial charge in [-0.2, -0.15) is 0 Å². The van der Waals surface area contributed by atoms with Crippen LogP contribution in [0.25, 0.3) is 10.9 Å². The predicted molar refractivity (Wildman–Crippen MR) is 130 cm³/mol. The molecule has 2 fully saturated rings. The number of ether oxygens (including phenoxy) is 1. The second-order valence-corrected chi connectivity index (χ2v) is 9.63. The van der Waals surface area contributed by atoms with Crippen LogP contribution in [0.2, 0.25) is 0 Å². The topological polar surface area (TPSA) is 129 Å². The van der Waals surface area contributed by atoms with E-state index in [0.29, 0.717) is 31.0 Å². The van der Waals surface area contributed by atoms with E-state index in [9.17, 15) is 19.2 Å². The number of methoxy groups -OCH3 is 1. The summed E-state index contributed by atoms with van der Waals surface area (Å²) < 4.78 is 4.89. The van der Waals surface area contributed by atoms with Crippen LogP contribution >= 0.6 is 0 Å². The molecular formula is C26H34N4O5. The average molecular weight is 483 g/mol. The number of aromatic nitrogens is 1. The number of esters is 1. The fraction of sp³-hybridized carbons (Fsp3) is 0.538. The Morgan fingerprint density at radius 2 is 1.80 bits per heavy atom. The molecule has 4 rings (SSSR count). The van der Waals surface area contributed by atoms with Gasteiger partial charge in [0.15, 0.2) is 0 Å². The van der Waals surface area contributed by atoms with E-state index in [2.05, 4.69) is 20.9 Å². The summed E-state index contributed by atoms with van der Waals surface area (Å²) in [6.07, 6.45) is 6.68. The lowest BCUT2D eigenvalue weighted by atomic mass is 9.84. The third kappa shape index (κ3) is 6.21. The van der Waals surface area contributed by atoms with Gasteiger partial charge in [-0.05, 0) is 37.3 Å². The van der Waals surface area contributed by atoms with Crippen LogP contribution in [-0.2, 0) is 19.1 Å². The van der Waals surface area contributed by atoms with E-state index in [1.54, 1.807) is 6.07 Å². The molecular weight excluding hydrogens is 448 g/mol. The minimum atomic E-state index is -0.958. The van der Waals surface area contributed by atoms with Crippen LogP contribution in [0.15, 0.2) is 30.3 Å². The number of amides is 3.